The number of nitrogens with zero attached hydrogens (tertiary/aromatic N) is 2. The number of likely N-dealkylation sites (tertiary alicyclic amines) is 1. The van der Waals surface area contributed by atoms with Gasteiger partial charge in [-0.25, -0.2) is 0 Å². The van der Waals surface area contributed by atoms with E-state index in [1.807, 2.05) is 12.1 Å². The van der Waals surface area contributed by atoms with Crippen LogP contribution in [0.15, 0.2) is 27.8 Å². The molecule has 2 heterocycles. The predicted molar refractivity (Wildman–Crippen MR) is 116 cm³/mol. The lowest BCUT2D eigenvalue weighted by atomic mass is 10.2. The molecule has 4 rings (SSSR count). The van der Waals surface area contributed by atoms with Crippen LogP contribution in [0.4, 0.5) is 0 Å². The summed E-state index contributed by atoms with van der Waals surface area (Å²) in [5.41, 5.74) is 0. The highest BCUT2D eigenvalue weighted by molar-refractivity contribution is 14.0. The molecule has 26 heavy (non-hydrogen) atoms. The zero-order chi connectivity index (χ0) is 17.1. The quantitative estimate of drug-likeness (QED) is 0.378. The molecule has 1 aromatic heterocycles. The zero-order valence-corrected chi connectivity index (χ0v) is 18.2. The van der Waals surface area contributed by atoms with Gasteiger partial charge in [-0.05, 0) is 51.2 Å². The largest absolute Gasteiger partial charge is 0.469 e. The molecule has 1 saturated heterocycles. The van der Waals surface area contributed by atoms with E-state index in [1.54, 1.807) is 6.26 Å². The van der Waals surface area contributed by atoms with Crippen LogP contribution in [0.1, 0.15) is 57.6 Å². The van der Waals surface area contributed by atoms with E-state index in [0.29, 0.717) is 18.1 Å². The van der Waals surface area contributed by atoms with E-state index in [1.165, 1.54) is 44.9 Å². The molecule has 0 radical (unpaired) electrons. The van der Waals surface area contributed by atoms with Crippen LogP contribution in [-0.4, -0.2) is 48.1 Å². The van der Waals surface area contributed by atoms with Gasteiger partial charge >= 0.3 is 0 Å². The van der Waals surface area contributed by atoms with Crippen molar-refractivity contribution in [2.75, 3.05) is 13.1 Å². The molecule has 3 aliphatic rings. The van der Waals surface area contributed by atoms with E-state index in [4.69, 9.17) is 9.41 Å². The highest BCUT2D eigenvalue weighted by Gasteiger charge is 2.39. The molecule has 1 aliphatic heterocycles. The van der Waals surface area contributed by atoms with Crippen LogP contribution in [0.2, 0.25) is 0 Å². The minimum absolute atomic E-state index is 0. The Balaban J connectivity index is 0.00000196. The van der Waals surface area contributed by atoms with Crippen molar-refractivity contribution in [1.29, 1.82) is 0 Å². The standard InChI is InChI=1S/C20H32N4O.HI/c1-15-13-17(14-24(15)18-8-9-18)23-20(22-16-5-2-3-6-16)21-11-10-19-7-4-12-25-19;/h4,7,12,15-18H,2-3,5-6,8-11,13-14H2,1H3,(H2,21,22,23);1H. The molecule has 5 nitrogen and oxygen atoms in total. The second kappa shape index (κ2) is 9.44. The van der Waals surface area contributed by atoms with Crippen molar-refractivity contribution in [3.63, 3.8) is 0 Å². The Kier molecular flexibility index (Phi) is 7.26. The Morgan fingerprint density at radius 3 is 2.65 bits per heavy atom. The molecule has 0 spiro atoms. The normalized spacial score (nSPS) is 27.5. The summed E-state index contributed by atoms with van der Waals surface area (Å²) >= 11 is 0. The molecule has 3 fully saturated rings. The fraction of sp³-hybridized carbons (Fsp3) is 0.750. The van der Waals surface area contributed by atoms with Crippen molar-refractivity contribution in [2.45, 2.75) is 82.5 Å². The first-order valence-electron chi connectivity index (χ1n) is 10.1. The summed E-state index contributed by atoms with van der Waals surface area (Å²) in [6.45, 7) is 4.30. The van der Waals surface area contributed by atoms with Crippen LogP contribution in [-0.2, 0) is 6.42 Å². The van der Waals surface area contributed by atoms with Crippen molar-refractivity contribution in [3.8, 4) is 0 Å². The topological polar surface area (TPSA) is 52.8 Å². The Labute approximate surface area is 174 Å². The van der Waals surface area contributed by atoms with E-state index >= 15 is 0 Å². The van der Waals surface area contributed by atoms with Crippen LogP contribution >= 0.6 is 24.0 Å². The molecule has 0 aromatic carbocycles. The number of furan rings is 1. The van der Waals surface area contributed by atoms with Gasteiger partial charge in [-0.3, -0.25) is 9.89 Å². The van der Waals surface area contributed by atoms with Crippen molar-refractivity contribution >= 4 is 29.9 Å². The van der Waals surface area contributed by atoms with Gasteiger partial charge in [0.15, 0.2) is 5.96 Å². The average molecular weight is 472 g/mol. The molecule has 0 amide bonds. The van der Waals surface area contributed by atoms with Crippen molar-refractivity contribution < 1.29 is 4.42 Å². The molecule has 2 aliphatic carbocycles. The number of hydrogen-bond acceptors (Lipinski definition) is 3. The summed E-state index contributed by atoms with van der Waals surface area (Å²) in [5, 5.41) is 7.42. The van der Waals surface area contributed by atoms with Gasteiger partial charge in [0.05, 0.1) is 6.26 Å². The second-order valence-corrected chi connectivity index (χ2v) is 8.04. The molecule has 146 valence electrons. The van der Waals surface area contributed by atoms with Crippen LogP contribution in [0, 0.1) is 0 Å². The molecule has 6 heteroatoms. The fourth-order valence-electron chi connectivity index (χ4n) is 4.40. The van der Waals surface area contributed by atoms with Crippen molar-refractivity contribution in [1.82, 2.24) is 15.5 Å². The van der Waals surface area contributed by atoms with Gasteiger partial charge in [0.1, 0.15) is 5.76 Å². The molecule has 2 N–H and O–H groups in total. The molecular formula is C20H33IN4O. The molecule has 1 aromatic rings. The Morgan fingerprint density at radius 2 is 1.96 bits per heavy atom. The average Bonchev–Trinajstić information content (AvgIpc) is 3.00. The van der Waals surface area contributed by atoms with Crippen molar-refractivity contribution in [2.24, 2.45) is 4.99 Å². The first-order valence-corrected chi connectivity index (χ1v) is 10.1. The van der Waals surface area contributed by atoms with Gasteiger partial charge in [0.25, 0.3) is 0 Å². The number of hydrogen-bond donors (Lipinski definition) is 2. The van der Waals surface area contributed by atoms with Crippen LogP contribution in [0.5, 0.6) is 0 Å². The minimum Gasteiger partial charge on any atom is -0.469 e. The Bertz CT molecular complexity index is 566. The number of nitrogens with one attached hydrogen (secondary N) is 2. The summed E-state index contributed by atoms with van der Waals surface area (Å²) in [7, 11) is 0. The monoisotopic (exact) mass is 472 g/mol. The molecule has 2 atom stereocenters. The summed E-state index contributed by atoms with van der Waals surface area (Å²) in [6.07, 6.45) is 11.8. The number of guanidine groups is 1. The van der Waals surface area contributed by atoms with E-state index < -0.39 is 0 Å². The third-order valence-electron chi connectivity index (χ3n) is 5.88. The molecule has 2 unspecified atom stereocenters. The first kappa shape index (κ1) is 20.0. The SMILES string of the molecule is CC1CC(NC(=NCCc2ccco2)NC2CCCC2)CN1C1CC1.I. The summed E-state index contributed by atoms with van der Waals surface area (Å²) < 4.78 is 5.43. The third-order valence-corrected chi connectivity index (χ3v) is 5.88. The zero-order valence-electron chi connectivity index (χ0n) is 15.8. The maximum Gasteiger partial charge on any atom is 0.191 e. The van der Waals surface area contributed by atoms with E-state index in [-0.39, 0.29) is 24.0 Å². The van der Waals surface area contributed by atoms with E-state index in [0.717, 1.165) is 37.3 Å². The van der Waals surface area contributed by atoms with E-state index in [9.17, 15) is 0 Å². The van der Waals surface area contributed by atoms with Gasteiger partial charge in [-0.15, -0.1) is 24.0 Å². The van der Waals surface area contributed by atoms with Gasteiger partial charge < -0.3 is 15.1 Å². The number of halogens is 1. The lowest BCUT2D eigenvalue weighted by molar-refractivity contribution is 0.256. The van der Waals surface area contributed by atoms with Crippen LogP contribution < -0.4 is 10.6 Å². The van der Waals surface area contributed by atoms with Gasteiger partial charge in [-0.1, -0.05) is 12.8 Å². The highest BCUT2D eigenvalue weighted by atomic mass is 127. The number of aliphatic imine (C=N–C) groups is 1. The summed E-state index contributed by atoms with van der Waals surface area (Å²) in [5.74, 6) is 2.02. The Morgan fingerprint density at radius 1 is 1.19 bits per heavy atom. The predicted octanol–water partition coefficient (Wildman–Crippen LogP) is 3.54. The van der Waals surface area contributed by atoms with Gasteiger partial charge in [0, 0.05) is 43.7 Å². The fourth-order valence-corrected chi connectivity index (χ4v) is 4.40. The molecule has 2 saturated carbocycles. The maximum atomic E-state index is 5.43. The van der Waals surface area contributed by atoms with Crippen LogP contribution in [0.25, 0.3) is 0 Å². The molecular weight excluding hydrogens is 439 g/mol. The van der Waals surface area contributed by atoms with Gasteiger partial charge in [0.2, 0.25) is 0 Å². The lowest BCUT2D eigenvalue weighted by Crippen LogP contribution is -2.47. The van der Waals surface area contributed by atoms with Crippen molar-refractivity contribution in [3.05, 3.63) is 24.2 Å². The highest BCUT2D eigenvalue weighted by Crippen LogP contribution is 2.33. The summed E-state index contributed by atoms with van der Waals surface area (Å²) in [4.78, 5) is 7.54. The molecule has 0 bridgehead atoms. The smallest absolute Gasteiger partial charge is 0.191 e. The first-order chi connectivity index (χ1) is 12.3. The Hall–Kier alpha value is -0.760. The third kappa shape index (κ3) is 5.38. The van der Waals surface area contributed by atoms with E-state index in [2.05, 4.69) is 22.5 Å². The second-order valence-electron chi connectivity index (χ2n) is 8.04. The van der Waals surface area contributed by atoms with Gasteiger partial charge in [-0.2, -0.15) is 0 Å². The summed E-state index contributed by atoms with van der Waals surface area (Å²) in [6, 6.07) is 6.63. The maximum absolute atomic E-state index is 5.43. The van der Waals surface area contributed by atoms with Crippen LogP contribution in [0.3, 0.4) is 0 Å². The number of rotatable bonds is 6. The minimum atomic E-state index is 0. The lowest BCUT2D eigenvalue weighted by Gasteiger charge is -2.22.